The van der Waals surface area contributed by atoms with Crippen LogP contribution in [0.25, 0.3) is 0 Å². The number of rotatable bonds is 6. The van der Waals surface area contributed by atoms with Gasteiger partial charge < -0.3 is 18.7 Å². The molecule has 1 unspecified atom stereocenters. The van der Waals surface area contributed by atoms with E-state index >= 15 is 0 Å². The fourth-order valence-corrected chi connectivity index (χ4v) is 3.96. The Balaban J connectivity index is 4.91. The van der Waals surface area contributed by atoms with E-state index in [1.165, 1.54) is 0 Å². The lowest BCUT2D eigenvalue weighted by atomic mass is 10.3. The van der Waals surface area contributed by atoms with Gasteiger partial charge >= 0.3 is 9.28 Å². The Morgan fingerprint density at radius 2 is 1.76 bits per heavy atom. The van der Waals surface area contributed by atoms with Crippen molar-refractivity contribution in [1.82, 2.24) is 9.80 Å². The van der Waals surface area contributed by atoms with Gasteiger partial charge in [-0.25, -0.2) is 0 Å². The minimum atomic E-state index is -1.68. The third-order valence-corrected chi connectivity index (χ3v) is 5.11. The summed E-state index contributed by atoms with van der Waals surface area (Å²) in [6.07, 6.45) is 2.16. The van der Waals surface area contributed by atoms with Crippen LogP contribution in [0, 0.1) is 0 Å². The molecule has 1 atom stereocenters. The van der Waals surface area contributed by atoms with Crippen molar-refractivity contribution in [3.8, 4) is 0 Å². The summed E-state index contributed by atoms with van der Waals surface area (Å²) in [5, 5.41) is 0. The van der Waals surface area contributed by atoms with Crippen LogP contribution in [0.2, 0.25) is 0 Å². The molecule has 0 rings (SSSR count). The standard InChI is InChI=1S/C11H27N3O2Si/c1-8-9-10(17(15-6)16-7)14(5)11(12-2)13(3)4/h10,17H,8-9H2,1-7H3. The van der Waals surface area contributed by atoms with Crippen LogP contribution in [0.4, 0.5) is 0 Å². The molecule has 0 aliphatic heterocycles. The van der Waals surface area contributed by atoms with Crippen molar-refractivity contribution in [2.24, 2.45) is 4.99 Å². The van der Waals surface area contributed by atoms with Gasteiger partial charge in [-0.05, 0) is 6.42 Å². The van der Waals surface area contributed by atoms with Crippen LogP contribution in [-0.4, -0.2) is 73.1 Å². The molecule has 0 saturated heterocycles. The molecule has 5 nitrogen and oxygen atoms in total. The number of hydrogen-bond donors (Lipinski definition) is 0. The predicted octanol–water partition coefficient (Wildman–Crippen LogP) is 0.687. The van der Waals surface area contributed by atoms with Gasteiger partial charge in [0.15, 0.2) is 5.96 Å². The first-order valence-corrected chi connectivity index (χ1v) is 7.56. The van der Waals surface area contributed by atoms with E-state index in [0.717, 1.165) is 18.8 Å². The quantitative estimate of drug-likeness (QED) is 0.400. The second-order valence-electron chi connectivity index (χ2n) is 4.22. The monoisotopic (exact) mass is 261 g/mol. The maximum atomic E-state index is 5.51. The maximum absolute atomic E-state index is 5.51. The first-order valence-electron chi connectivity index (χ1n) is 5.95. The van der Waals surface area contributed by atoms with Crippen molar-refractivity contribution in [2.75, 3.05) is 42.4 Å². The molecule has 0 heterocycles. The fourth-order valence-electron chi connectivity index (χ4n) is 2.04. The third kappa shape index (κ3) is 4.65. The van der Waals surface area contributed by atoms with Gasteiger partial charge in [-0.3, -0.25) is 4.99 Å². The minimum absolute atomic E-state index is 0.302. The molecule has 0 N–H and O–H groups in total. The van der Waals surface area contributed by atoms with Gasteiger partial charge in [0.2, 0.25) is 0 Å². The summed E-state index contributed by atoms with van der Waals surface area (Å²) >= 11 is 0. The molecular formula is C11H27N3O2Si. The molecule has 0 aromatic rings. The molecular weight excluding hydrogens is 234 g/mol. The molecule has 102 valence electrons. The molecule has 0 spiro atoms. The van der Waals surface area contributed by atoms with Gasteiger partial charge in [0, 0.05) is 42.4 Å². The highest BCUT2D eigenvalue weighted by Gasteiger charge is 2.30. The Labute approximate surface area is 107 Å². The predicted molar refractivity (Wildman–Crippen MR) is 74.7 cm³/mol. The Morgan fingerprint density at radius 1 is 1.24 bits per heavy atom. The lowest BCUT2D eigenvalue weighted by molar-refractivity contribution is 0.227. The Kier molecular flexibility index (Phi) is 8.19. The summed E-state index contributed by atoms with van der Waals surface area (Å²) in [6.45, 7) is 2.18. The van der Waals surface area contributed by atoms with Gasteiger partial charge in [0.25, 0.3) is 0 Å². The summed E-state index contributed by atoms with van der Waals surface area (Å²) < 4.78 is 11.0. The largest absolute Gasteiger partial charge is 0.399 e. The van der Waals surface area contributed by atoms with E-state index in [1.807, 2.05) is 26.0 Å². The van der Waals surface area contributed by atoms with Crippen LogP contribution in [0.3, 0.4) is 0 Å². The summed E-state index contributed by atoms with van der Waals surface area (Å²) in [6, 6.07) is 0. The lowest BCUT2D eigenvalue weighted by Gasteiger charge is -2.35. The highest BCUT2D eigenvalue weighted by molar-refractivity contribution is 6.46. The fraction of sp³-hybridized carbons (Fsp3) is 0.909. The summed E-state index contributed by atoms with van der Waals surface area (Å²) in [5.74, 6) is 0.954. The zero-order valence-corrected chi connectivity index (χ0v) is 13.4. The molecule has 0 saturated carbocycles. The van der Waals surface area contributed by atoms with Crippen molar-refractivity contribution in [1.29, 1.82) is 0 Å². The zero-order valence-electron chi connectivity index (χ0n) is 12.2. The Morgan fingerprint density at radius 3 is 2.06 bits per heavy atom. The zero-order chi connectivity index (χ0) is 13.4. The van der Waals surface area contributed by atoms with E-state index in [-0.39, 0.29) is 0 Å². The molecule has 6 heteroatoms. The number of guanidine groups is 1. The first kappa shape index (κ1) is 16.4. The van der Waals surface area contributed by atoms with Crippen LogP contribution in [0.5, 0.6) is 0 Å². The summed E-state index contributed by atoms with van der Waals surface area (Å²) in [4.78, 5) is 8.51. The highest BCUT2D eigenvalue weighted by atomic mass is 28.3. The van der Waals surface area contributed by atoms with Crippen molar-refractivity contribution < 1.29 is 8.85 Å². The van der Waals surface area contributed by atoms with Crippen molar-refractivity contribution in [3.63, 3.8) is 0 Å². The van der Waals surface area contributed by atoms with E-state index in [2.05, 4.69) is 23.9 Å². The number of hydrogen-bond acceptors (Lipinski definition) is 3. The van der Waals surface area contributed by atoms with Gasteiger partial charge in [-0.1, -0.05) is 13.3 Å². The topological polar surface area (TPSA) is 37.3 Å². The summed E-state index contributed by atoms with van der Waals surface area (Å²) in [7, 11) is 9.65. The second-order valence-corrected chi connectivity index (χ2v) is 6.67. The molecule has 0 aliphatic rings. The van der Waals surface area contributed by atoms with E-state index in [1.54, 1.807) is 14.2 Å². The Hall–Kier alpha value is -0.593. The van der Waals surface area contributed by atoms with Crippen LogP contribution in [0.15, 0.2) is 4.99 Å². The van der Waals surface area contributed by atoms with Crippen LogP contribution in [0.1, 0.15) is 19.8 Å². The molecule has 0 aromatic heterocycles. The van der Waals surface area contributed by atoms with Crippen LogP contribution < -0.4 is 0 Å². The van der Waals surface area contributed by atoms with Crippen LogP contribution >= 0.6 is 0 Å². The molecule has 0 amide bonds. The van der Waals surface area contributed by atoms with E-state index in [9.17, 15) is 0 Å². The van der Waals surface area contributed by atoms with Crippen molar-refractivity contribution in [3.05, 3.63) is 0 Å². The molecule has 17 heavy (non-hydrogen) atoms. The third-order valence-electron chi connectivity index (χ3n) is 2.78. The lowest BCUT2D eigenvalue weighted by Crippen LogP contribution is -2.52. The van der Waals surface area contributed by atoms with Crippen LogP contribution in [-0.2, 0) is 8.85 Å². The molecule has 0 radical (unpaired) electrons. The normalized spacial score (nSPS) is 14.0. The number of nitrogens with zero attached hydrogens (tertiary/aromatic N) is 3. The van der Waals surface area contributed by atoms with Gasteiger partial charge in [0.05, 0.1) is 5.67 Å². The average molecular weight is 261 g/mol. The first-order chi connectivity index (χ1) is 8.03. The minimum Gasteiger partial charge on any atom is -0.399 e. The molecule has 0 aliphatic carbocycles. The van der Waals surface area contributed by atoms with Gasteiger partial charge in [-0.2, -0.15) is 0 Å². The average Bonchev–Trinajstić information content (AvgIpc) is 2.29. The SMILES string of the molecule is CCCC(N(C)C(=NC)N(C)C)[SiH](OC)OC. The second kappa shape index (κ2) is 8.49. The maximum Gasteiger partial charge on any atom is 0.344 e. The highest BCUT2D eigenvalue weighted by Crippen LogP contribution is 2.12. The Bertz CT molecular complexity index is 233. The van der Waals surface area contributed by atoms with Crippen molar-refractivity contribution in [2.45, 2.75) is 25.4 Å². The smallest absolute Gasteiger partial charge is 0.344 e. The van der Waals surface area contributed by atoms with Gasteiger partial charge in [-0.15, -0.1) is 0 Å². The molecule has 0 fully saturated rings. The van der Waals surface area contributed by atoms with Crippen molar-refractivity contribution >= 4 is 15.2 Å². The molecule has 0 bridgehead atoms. The van der Waals surface area contributed by atoms with Gasteiger partial charge in [0.1, 0.15) is 0 Å². The van der Waals surface area contributed by atoms with E-state index in [4.69, 9.17) is 8.85 Å². The summed E-state index contributed by atoms with van der Waals surface area (Å²) in [5.41, 5.74) is 0.302. The molecule has 0 aromatic carbocycles. The van der Waals surface area contributed by atoms with E-state index in [0.29, 0.717) is 5.67 Å². The number of aliphatic imine (C=N–C) groups is 1. The van der Waals surface area contributed by atoms with E-state index < -0.39 is 9.28 Å².